The molecule has 114 valence electrons. The lowest BCUT2D eigenvalue weighted by Gasteiger charge is -2.39. The Hall–Kier alpha value is -0.0100. The lowest BCUT2D eigenvalue weighted by atomic mass is 10.3. The molecule has 1 saturated heterocycles. The van der Waals surface area contributed by atoms with Gasteiger partial charge in [0.2, 0.25) is 5.85 Å². The normalized spacial score (nSPS) is 25.4. The Morgan fingerprint density at radius 3 is 2.42 bits per heavy atom. The van der Waals surface area contributed by atoms with E-state index in [-0.39, 0.29) is 25.7 Å². The molecule has 0 aromatic carbocycles. The summed E-state index contributed by atoms with van der Waals surface area (Å²) in [5.41, 5.74) is 0. The summed E-state index contributed by atoms with van der Waals surface area (Å²) in [4.78, 5) is -0.452. The van der Waals surface area contributed by atoms with Crippen molar-refractivity contribution >= 4 is 7.44 Å². The van der Waals surface area contributed by atoms with E-state index in [1.807, 2.05) is 6.92 Å². The van der Waals surface area contributed by atoms with Gasteiger partial charge >= 0.3 is 7.44 Å². The van der Waals surface area contributed by atoms with Gasteiger partial charge in [0.1, 0.15) is 13.1 Å². The van der Waals surface area contributed by atoms with Crippen LogP contribution in [0.15, 0.2) is 0 Å². The van der Waals surface area contributed by atoms with Crippen molar-refractivity contribution in [2.75, 3.05) is 33.4 Å². The number of rotatable bonds is 9. The van der Waals surface area contributed by atoms with E-state index in [9.17, 15) is 15.0 Å². The largest absolute Gasteiger partial charge is 0.627 e. The molecule has 1 N–H and O–H groups in total. The van der Waals surface area contributed by atoms with Gasteiger partial charge in [-0.25, -0.2) is 4.57 Å². The molecule has 0 aliphatic carbocycles. The van der Waals surface area contributed by atoms with Crippen LogP contribution in [0.2, 0.25) is 0 Å². The number of nitrogens with one attached hydrogen (secondary N) is 1. The van der Waals surface area contributed by atoms with E-state index >= 15 is 0 Å². The Bertz CT molecular complexity index is 337. The van der Waals surface area contributed by atoms with E-state index in [1.165, 1.54) is 0 Å². The molecule has 0 spiro atoms. The minimum atomic E-state index is -3.56. The fraction of sp³-hybridized carbons (Fsp3) is 1.00. The fourth-order valence-corrected chi connectivity index (χ4v) is 4.78. The van der Waals surface area contributed by atoms with Gasteiger partial charge in [-0.15, -0.1) is 0 Å². The first kappa shape index (κ1) is 17.0. The van der Waals surface area contributed by atoms with E-state index in [1.54, 1.807) is 21.0 Å². The van der Waals surface area contributed by atoms with Gasteiger partial charge < -0.3 is 19.9 Å². The average Bonchev–Trinajstić information content (AvgIpc) is 3.15. The van der Waals surface area contributed by atoms with Crippen LogP contribution in [0.4, 0.5) is 0 Å². The molecule has 1 rings (SSSR count). The second-order valence-electron chi connectivity index (χ2n) is 4.97. The van der Waals surface area contributed by atoms with Crippen LogP contribution in [-0.2, 0) is 14.0 Å². The van der Waals surface area contributed by atoms with Crippen LogP contribution in [0.25, 0.3) is 0 Å². The summed E-state index contributed by atoms with van der Waals surface area (Å²) >= 11 is 0. The van der Waals surface area contributed by atoms with Crippen LogP contribution in [0.5, 0.6) is 0 Å². The molecule has 0 amide bonds. The molecule has 4 unspecified atom stereocenters. The molecular weight excluding hydrogens is 271 g/mol. The van der Waals surface area contributed by atoms with Gasteiger partial charge in [-0.2, -0.15) is 0 Å². The number of hydroxylamine groups is 3. The number of ether oxygens (including phenoxy) is 2. The van der Waals surface area contributed by atoms with E-state index in [2.05, 4.69) is 0 Å². The summed E-state index contributed by atoms with van der Waals surface area (Å²) in [5, 5.41) is 24.1. The average molecular weight is 296 g/mol. The molecule has 1 aliphatic heterocycles. The number of methoxy groups -OCH3 is 1. The van der Waals surface area contributed by atoms with Crippen molar-refractivity contribution in [3.63, 3.8) is 0 Å². The molecule has 4 atom stereocenters. The molecule has 7 nitrogen and oxygen atoms in total. The monoisotopic (exact) mass is 296 g/mol. The van der Waals surface area contributed by atoms with E-state index in [0.717, 1.165) is 0 Å². The van der Waals surface area contributed by atoms with Crippen molar-refractivity contribution in [3.8, 4) is 0 Å². The first-order chi connectivity index (χ1) is 8.81. The maximum Gasteiger partial charge on any atom is 0.451 e. The topological polar surface area (TPSA) is 86.1 Å². The highest BCUT2D eigenvalue weighted by atomic mass is 31.2. The third-order valence-corrected chi connectivity index (χ3v) is 7.23. The van der Waals surface area contributed by atoms with Crippen LogP contribution >= 0.6 is 7.44 Å². The zero-order valence-corrected chi connectivity index (χ0v) is 13.0. The molecule has 1 fully saturated rings. The second kappa shape index (κ2) is 6.63. The molecular formula is C11H25N2O5P. The Morgan fingerprint density at radius 1 is 1.42 bits per heavy atom. The quantitative estimate of drug-likeness (QED) is 0.293. The summed E-state index contributed by atoms with van der Waals surface area (Å²) < 4.78 is 22.5. The Morgan fingerprint density at radius 2 is 2.00 bits per heavy atom. The molecule has 0 bridgehead atoms. The van der Waals surface area contributed by atoms with Gasteiger partial charge in [-0.05, 0) is 27.2 Å². The van der Waals surface area contributed by atoms with Crippen LogP contribution in [-0.4, -0.2) is 49.7 Å². The third-order valence-electron chi connectivity index (χ3n) is 3.59. The number of nitrogens with zero attached hydrogens (tertiary/aromatic N) is 1. The Balaban J connectivity index is 2.64. The van der Waals surface area contributed by atoms with Crippen molar-refractivity contribution in [1.29, 1.82) is 0 Å². The lowest BCUT2D eigenvalue weighted by molar-refractivity contribution is -0.785. The SMILES string of the molecule is CC[NH+]([O-])P(=O)(C(C)OCCC(C)OC)[N+]1([O-])CC1. The molecule has 0 aromatic heterocycles. The van der Waals surface area contributed by atoms with Crippen molar-refractivity contribution < 1.29 is 23.3 Å². The molecule has 1 aliphatic rings. The van der Waals surface area contributed by atoms with Gasteiger partial charge in [0.25, 0.3) is 0 Å². The zero-order chi connectivity index (χ0) is 14.7. The van der Waals surface area contributed by atoms with Crippen molar-refractivity contribution in [2.24, 2.45) is 0 Å². The molecule has 0 aromatic rings. The van der Waals surface area contributed by atoms with Crippen molar-refractivity contribution in [2.45, 2.75) is 39.1 Å². The van der Waals surface area contributed by atoms with Gasteiger partial charge in [0.15, 0.2) is 0 Å². The predicted octanol–water partition coefficient (Wildman–Crippen LogP) is 0.698. The minimum absolute atomic E-state index is 0.0325. The predicted molar refractivity (Wildman–Crippen MR) is 72.3 cm³/mol. The zero-order valence-electron chi connectivity index (χ0n) is 12.1. The highest BCUT2D eigenvalue weighted by molar-refractivity contribution is 7.52. The summed E-state index contributed by atoms with van der Waals surface area (Å²) in [7, 11) is -1.96. The summed E-state index contributed by atoms with van der Waals surface area (Å²) in [5.74, 6) is -0.816. The van der Waals surface area contributed by atoms with E-state index in [0.29, 0.717) is 13.0 Å². The van der Waals surface area contributed by atoms with Gasteiger partial charge in [-0.1, -0.05) is 0 Å². The lowest BCUT2D eigenvalue weighted by Crippen LogP contribution is -3.04. The second-order valence-corrected chi connectivity index (χ2v) is 8.17. The highest BCUT2D eigenvalue weighted by Gasteiger charge is 2.60. The smallest absolute Gasteiger partial charge is 0.451 e. The first-order valence-electron chi connectivity index (χ1n) is 6.68. The third kappa shape index (κ3) is 3.55. The molecule has 19 heavy (non-hydrogen) atoms. The van der Waals surface area contributed by atoms with Crippen molar-refractivity contribution in [3.05, 3.63) is 10.4 Å². The van der Waals surface area contributed by atoms with E-state index < -0.39 is 22.5 Å². The first-order valence-corrected chi connectivity index (χ1v) is 8.40. The summed E-state index contributed by atoms with van der Waals surface area (Å²) in [6.45, 7) is 6.05. The van der Waals surface area contributed by atoms with Crippen molar-refractivity contribution in [1.82, 2.24) is 0 Å². The van der Waals surface area contributed by atoms with Crippen LogP contribution in [0, 0.1) is 10.4 Å². The number of hydrogen-bond donors (Lipinski definition) is 1. The maximum atomic E-state index is 12.8. The maximum absolute atomic E-state index is 12.8. The summed E-state index contributed by atoms with van der Waals surface area (Å²) in [6.07, 6.45) is 0.671. The van der Waals surface area contributed by atoms with Gasteiger partial charge in [-0.3, -0.25) is 9.25 Å². The van der Waals surface area contributed by atoms with Crippen LogP contribution in [0.3, 0.4) is 0 Å². The van der Waals surface area contributed by atoms with Gasteiger partial charge in [0.05, 0.1) is 19.3 Å². The van der Waals surface area contributed by atoms with Crippen LogP contribution in [0.1, 0.15) is 27.2 Å². The van der Waals surface area contributed by atoms with Gasteiger partial charge in [0, 0.05) is 7.11 Å². The Kier molecular flexibility index (Phi) is 5.95. The standard InChI is InChI=1S/C11H25N2O5P/c1-5-12(14)19(16,13(15)7-8-13)11(3)18-9-6-10(2)17-4/h10-12H,5-9H2,1-4H3. The summed E-state index contributed by atoms with van der Waals surface area (Å²) in [6, 6.07) is 0. The molecule has 0 saturated carbocycles. The molecule has 0 radical (unpaired) electrons. The fourth-order valence-electron chi connectivity index (χ4n) is 1.94. The minimum Gasteiger partial charge on any atom is -0.627 e. The molecule has 1 heterocycles. The number of quaternary nitrogens is 2. The van der Waals surface area contributed by atoms with E-state index in [4.69, 9.17) is 9.47 Å². The highest BCUT2D eigenvalue weighted by Crippen LogP contribution is 2.57. The molecule has 8 heteroatoms. The number of hydrogen-bond acceptors (Lipinski definition) is 5. The Labute approximate surface area is 114 Å². The van der Waals surface area contributed by atoms with Crippen LogP contribution < -0.4 is 4.83 Å².